The second kappa shape index (κ2) is 8.90. The summed E-state index contributed by atoms with van der Waals surface area (Å²) in [5.74, 6) is 0.612. The fourth-order valence-corrected chi connectivity index (χ4v) is 5.96. The molecule has 2 atom stereocenters. The summed E-state index contributed by atoms with van der Waals surface area (Å²) in [6.45, 7) is 4.65. The summed E-state index contributed by atoms with van der Waals surface area (Å²) in [7, 11) is -3.59. The highest BCUT2D eigenvalue weighted by Gasteiger charge is 2.32. The van der Waals surface area contributed by atoms with Crippen LogP contribution in [0, 0.1) is 5.92 Å². The molecule has 2 N–H and O–H groups in total. The predicted molar refractivity (Wildman–Crippen MR) is 105 cm³/mol. The number of nitrogens with zero attached hydrogens (tertiary/aromatic N) is 1. The number of rotatable bonds is 5. The second-order valence-corrected chi connectivity index (χ2v) is 10.0. The summed E-state index contributed by atoms with van der Waals surface area (Å²) in [4.78, 5) is 13.7. The Hall–Kier alpha value is -1.15. The smallest absolute Gasteiger partial charge is 0.275 e. The zero-order valence-corrected chi connectivity index (χ0v) is 17.4. The van der Waals surface area contributed by atoms with E-state index in [1.165, 1.54) is 29.6 Å². The number of carbonyl (C=O) groups excluding carboxylic acids is 1. The van der Waals surface area contributed by atoms with Crippen molar-refractivity contribution >= 4 is 27.5 Å². The van der Waals surface area contributed by atoms with E-state index in [0.29, 0.717) is 38.6 Å². The molecule has 0 unspecified atom stereocenters. The molecular weight excluding hydrogens is 386 g/mol. The van der Waals surface area contributed by atoms with E-state index in [2.05, 4.69) is 12.2 Å². The van der Waals surface area contributed by atoms with Gasteiger partial charge in [0, 0.05) is 6.04 Å². The van der Waals surface area contributed by atoms with E-state index in [-0.39, 0.29) is 21.9 Å². The molecule has 2 aliphatic rings. The maximum atomic E-state index is 12.8. The number of quaternary nitrogens is 1. The topological polar surface area (TPSA) is 70.9 Å². The number of sulfonamides is 1. The van der Waals surface area contributed by atoms with E-state index >= 15 is 0 Å². The van der Waals surface area contributed by atoms with Crippen molar-refractivity contribution < 1.29 is 18.1 Å². The van der Waals surface area contributed by atoms with E-state index in [0.717, 1.165) is 11.3 Å². The fourth-order valence-electron chi connectivity index (χ4n) is 4.03. The maximum absolute atomic E-state index is 12.8. The SMILES string of the molecule is C[C@H]1CCCC[C@@H]1NC(=O)C[NH+]1CCN(S(=O)(=O)c2ccccc2Cl)CC1. The second-order valence-electron chi connectivity index (χ2n) is 7.70. The third-order valence-electron chi connectivity index (χ3n) is 5.75. The van der Waals surface area contributed by atoms with Crippen molar-refractivity contribution in [2.24, 2.45) is 5.92 Å². The Labute approximate surface area is 166 Å². The zero-order chi connectivity index (χ0) is 19.4. The molecule has 8 heteroatoms. The van der Waals surface area contributed by atoms with Gasteiger partial charge in [0.1, 0.15) is 4.90 Å². The Kier molecular flexibility index (Phi) is 6.78. The quantitative estimate of drug-likeness (QED) is 0.752. The highest BCUT2D eigenvalue weighted by Crippen LogP contribution is 2.24. The molecule has 1 amide bonds. The Bertz CT molecular complexity index is 763. The van der Waals surface area contributed by atoms with Gasteiger partial charge in [0.2, 0.25) is 10.0 Å². The molecule has 6 nitrogen and oxygen atoms in total. The predicted octanol–water partition coefficient (Wildman–Crippen LogP) is 0.924. The molecule has 0 radical (unpaired) electrons. The van der Waals surface area contributed by atoms with Gasteiger partial charge in [0.05, 0.1) is 31.2 Å². The van der Waals surface area contributed by atoms with Crippen LogP contribution in [0.15, 0.2) is 29.2 Å². The van der Waals surface area contributed by atoms with E-state index < -0.39 is 10.0 Å². The van der Waals surface area contributed by atoms with Crippen LogP contribution in [-0.4, -0.2) is 57.4 Å². The van der Waals surface area contributed by atoms with Gasteiger partial charge >= 0.3 is 0 Å². The first-order valence-electron chi connectivity index (χ1n) is 9.75. The summed E-state index contributed by atoms with van der Waals surface area (Å²) >= 11 is 6.07. The molecule has 1 saturated heterocycles. The summed E-state index contributed by atoms with van der Waals surface area (Å²) in [6.07, 6.45) is 4.67. The molecule has 0 aromatic heterocycles. The Morgan fingerprint density at radius 3 is 2.56 bits per heavy atom. The van der Waals surface area contributed by atoms with Crippen molar-refractivity contribution in [1.29, 1.82) is 0 Å². The van der Waals surface area contributed by atoms with Gasteiger partial charge in [0.15, 0.2) is 6.54 Å². The van der Waals surface area contributed by atoms with Gasteiger partial charge in [-0.2, -0.15) is 4.31 Å². The number of benzene rings is 1. The largest absolute Gasteiger partial charge is 0.348 e. The van der Waals surface area contributed by atoms with Gasteiger partial charge in [-0.15, -0.1) is 0 Å². The molecule has 1 aliphatic heterocycles. The monoisotopic (exact) mass is 414 g/mol. The van der Waals surface area contributed by atoms with Crippen molar-refractivity contribution in [3.05, 3.63) is 29.3 Å². The average molecular weight is 415 g/mol. The lowest BCUT2D eigenvalue weighted by Gasteiger charge is -2.33. The van der Waals surface area contributed by atoms with Crippen molar-refractivity contribution in [3.63, 3.8) is 0 Å². The summed E-state index contributed by atoms with van der Waals surface area (Å²) in [5, 5.41) is 3.43. The highest BCUT2D eigenvalue weighted by atomic mass is 35.5. The van der Waals surface area contributed by atoms with Gasteiger partial charge in [-0.25, -0.2) is 8.42 Å². The molecule has 1 aromatic carbocycles. The van der Waals surface area contributed by atoms with Crippen LogP contribution in [-0.2, 0) is 14.8 Å². The lowest BCUT2D eigenvalue weighted by Crippen LogP contribution is -3.15. The number of nitrogens with one attached hydrogen (secondary N) is 2. The van der Waals surface area contributed by atoms with Crippen LogP contribution < -0.4 is 10.2 Å². The lowest BCUT2D eigenvalue weighted by molar-refractivity contribution is -0.895. The van der Waals surface area contributed by atoms with E-state index in [1.807, 2.05) is 0 Å². The van der Waals surface area contributed by atoms with Crippen LogP contribution in [0.1, 0.15) is 32.6 Å². The summed E-state index contributed by atoms with van der Waals surface area (Å²) in [5.41, 5.74) is 0. The number of carbonyl (C=O) groups is 1. The third kappa shape index (κ3) is 5.02. The van der Waals surface area contributed by atoms with Crippen LogP contribution in [0.2, 0.25) is 5.02 Å². The number of hydrogen-bond donors (Lipinski definition) is 2. The minimum atomic E-state index is -3.59. The molecule has 1 aromatic rings. The number of amides is 1. The number of piperazine rings is 1. The number of hydrogen-bond acceptors (Lipinski definition) is 3. The van der Waals surface area contributed by atoms with Gasteiger partial charge < -0.3 is 10.2 Å². The lowest BCUT2D eigenvalue weighted by atomic mass is 9.86. The summed E-state index contributed by atoms with van der Waals surface area (Å²) < 4.78 is 27.0. The van der Waals surface area contributed by atoms with E-state index in [4.69, 9.17) is 11.6 Å². The minimum Gasteiger partial charge on any atom is -0.348 e. The molecule has 1 saturated carbocycles. The standard InChI is InChI=1S/C19H28ClN3O3S/c1-15-6-2-4-8-17(15)21-19(24)14-22-10-12-23(13-11-22)27(25,26)18-9-5-3-7-16(18)20/h3,5,7,9,15,17H,2,4,6,8,10-14H2,1H3,(H,21,24)/p+1/t15-,17-/m0/s1. The van der Waals surface area contributed by atoms with Crippen molar-refractivity contribution in [2.75, 3.05) is 32.7 Å². The Balaban J connectivity index is 1.51. The Morgan fingerprint density at radius 1 is 1.22 bits per heavy atom. The fraction of sp³-hybridized carbons (Fsp3) is 0.632. The van der Waals surface area contributed by atoms with Crippen LogP contribution >= 0.6 is 11.6 Å². The Morgan fingerprint density at radius 2 is 1.89 bits per heavy atom. The maximum Gasteiger partial charge on any atom is 0.275 e. The van der Waals surface area contributed by atoms with Gasteiger partial charge in [-0.1, -0.05) is 43.5 Å². The van der Waals surface area contributed by atoms with Crippen LogP contribution in [0.3, 0.4) is 0 Å². The molecule has 0 bridgehead atoms. The molecule has 3 rings (SSSR count). The molecule has 27 heavy (non-hydrogen) atoms. The van der Waals surface area contributed by atoms with Crippen LogP contribution in [0.5, 0.6) is 0 Å². The van der Waals surface area contributed by atoms with E-state index in [1.54, 1.807) is 18.2 Å². The van der Waals surface area contributed by atoms with Crippen LogP contribution in [0.4, 0.5) is 0 Å². The first-order chi connectivity index (χ1) is 12.9. The molecule has 2 fully saturated rings. The zero-order valence-electron chi connectivity index (χ0n) is 15.8. The summed E-state index contributed by atoms with van der Waals surface area (Å²) in [6, 6.07) is 6.81. The van der Waals surface area contributed by atoms with E-state index in [9.17, 15) is 13.2 Å². The molecule has 1 heterocycles. The normalized spacial score (nSPS) is 25.3. The van der Waals surface area contributed by atoms with Gasteiger partial charge in [0.25, 0.3) is 5.91 Å². The van der Waals surface area contributed by atoms with Gasteiger partial charge in [-0.05, 0) is 30.9 Å². The number of halogens is 1. The highest BCUT2D eigenvalue weighted by molar-refractivity contribution is 7.89. The average Bonchev–Trinajstić information content (AvgIpc) is 2.64. The first kappa shape index (κ1) is 20.6. The van der Waals surface area contributed by atoms with Gasteiger partial charge in [-0.3, -0.25) is 4.79 Å². The third-order valence-corrected chi connectivity index (χ3v) is 8.15. The van der Waals surface area contributed by atoms with Crippen molar-refractivity contribution in [3.8, 4) is 0 Å². The molecule has 150 valence electrons. The molecule has 1 aliphatic carbocycles. The minimum absolute atomic E-state index is 0.0751. The molecular formula is C19H29ClN3O3S+. The first-order valence-corrected chi connectivity index (χ1v) is 11.6. The molecule has 0 spiro atoms. The van der Waals surface area contributed by atoms with Crippen molar-refractivity contribution in [1.82, 2.24) is 9.62 Å². The van der Waals surface area contributed by atoms with Crippen molar-refractivity contribution in [2.45, 2.75) is 43.5 Å². The van der Waals surface area contributed by atoms with Crippen LogP contribution in [0.25, 0.3) is 0 Å².